The van der Waals surface area contributed by atoms with Gasteiger partial charge in [-0.1, -0.05) is 122 Å². The Morgan fingerprint density at radius 1 is 0.729 bits per heavy atom. The van der Waals surface area contributed by atoms with Crippen molar-refractivity contribution in [3.63, 3.8) is 0 Å². The van der Waals surface area contributed by atoms with Crippen molar-refractivity contribution in [1.29, 1.82) is 0 Å². The van der Waals surface area contributed by atoms with E-state index in [4.69, 9.17) is 5.73 Å². The molecule has 328 valence electrons. The van der Waals surface area contributed by atoms with E-state index in [1.807, 2.05) is 46.8 Å². The molecule has 0 aliphatic heterocycles. The maximum Gasteiger partial charge on any atom is 0.233 e. The molecular formula is C51H78N2O6. The van der Waals surface area contributed by atoms with E-state index in [1.165, 1.54) is 17.2 Å². The van der Waals surface area contributed by atoms with Crippen LogP contribution < -0.4 is 11.1 Å². The van der Waals surface area contributed by atoms with Crippen molar-refractivity contribution in [2.75, 3.05) is 13.1 Å². The number of aliphatic hydroxyl groups is 2. The van der Waals surface area contributed by atoms with Crippen LogP contribution in [0.5, 0.6) is 0 Å². The molecule has 4 atom stereocenters. The number of carbonyl (C=O) groups is 4. The molecule has 0 aromatic heterocycles. The van der Waals surface area contributed by atoms with Crippen LogP contribution >= 0.6 is 0 Å². The Labute approximate surface area is 357 Å². The summed E-state index contributed by atoms with van der Waals surface area (Å²) in [5, 5.41) is 25.1. The van der Waals surface area contributed by atoms with E-state index >= 15 is 0 Å². The van der Waals surface area contributed by atoms with Gasteiger partial charge in [0.2, 0.25) is 17.3 Å². The van der Waals surface area contributed by atoms with Gasteiger partial charge in [0, 0.05) is 29.5 Å². The zero-order valence-corrected chi connectivity index (χ0v) is 38.8. The van der Waals surface area contributed by atoms with E-state index in [1.54, 1.807) is 0 Å². The molecule has 0 heterocycles. The average molecular weight is 815 g/mol. The summed E-state index contributed by atoms with van der Waals surface area (Å²) >= 11 is 0. The summed E-state index contributed by atoms with van der Waals surface area (Å²) in [6.07, 6.45) is 14.8. The predicted octanol–water partition coefficient (Wildman–Crippen LogP) is 11.6. The number of nitrogens with two attached hydrogens (primary N) is 1. The predicted molar refractivity (Wildman–Crippen MR) is 244 cm³/mol. The molecule has 8 nitrogen and oxygen atoms in total. The second-order valence-electron chi connectivity index (χ2n) is 19.7. The highest BCUT2D eigenvalue weighted by Gasteiger charge is 2.42. The summed E-state index contributed by atoms with van der Waals surface area (Å²) in [7, 11) is 0. The van der Waals surface area contributed by atoms with Gasteiger partial charge in [-0.05, 0) is 114 Å². The molecule has 0 aromatic rings. The molecule has 4 rings (SSSR count). The Bertz CT molecular complexity index is 1800. The number of hydrogen-bond donors (Lipinski definition) is 4. The minimum Gasteiger partial charge on any atom is -0.505 e. The molecule has 0 spiro atoms. The third-order valence-corrected chi connectivity index (χ3v) is 11.5. The fourth-order valence-electron chi connectivity index (χ4n) is 7.78. The maximum absolute atomic E-state index is 13.2. The summed E-state index contributed by atoms with van der Waals surface area (Å²) < 4.78 is 0. The van der Waals surface area contributed by atoms with Gasteiger partial charge in [0.25, 0.3) is 0 Å². The molecule has 0 saturated heterocycles. The molecule has 4 aliphatic carbocycles. The minimum absolute atomic E-state index is 0.0337. The molecule has 59 heavy (non-hydrogen) atoms. The number of ketones is 4. The topological polar surface area (TPSA) is 147 Å². The summed E-state index contributed by atoms with van der Waals surface area (Å²) in [5.74, 6) is -2.44. The molecule has 0 saturated carbocycles. The highest BCUT2D eigenvalue weighted by atomic mass is 16.3. The van der Waals surface area contributed by atoms with Gasteiger partial charge in [-0.25, -0.2) is 0 Å². The lowest BCUT2D eigenvalue weighted by Crippen LogP contribution is -2.38. The Hall–Kier alpha value is -4.04. The number of Topliss-reactive ketones (excluding diaryl/α,β-unsaturated/α-hetero) is 3. The van der Waals surface area contributed by atoms with Gasteiger partial charge < -0.3 is 21.3 Å². The molecule has 4 aliphatic rings. The van der Waals surface area contributed by atoms with Crippen molar-refractivity contribution < 1.29 is 29.4 Å². The van der Waals surface area contributed by atoms with Gasteiger partial charge in [0.1, 0.15) is 5.76 Å². The van der Waals surface area contributed by atoms with Crippen molar-refractivity contribution in [1.82, 2.24) is 5.32 Å². The van der Waals surface area contributed by atoms with Crippen LogP contribution in [-0.2, 0) is 19.2 Å². The largest absolute Gasteiger partial charge is 0.505 e. The first kappa shape index (κ1) is 51.1. The molecule has 5 N–H and O–H groups in total. The SMILES string of the molecule is C=C(C)[C@@H]1CCC(C)=C[C@H]1C1=C(O)C(=O)C(CCCC)=CC1=O.C=C(C)[C@@H]1CCC(C)=C[C@H]1C1=C(O)C(NCC(C)(C)C)=C(CCCCC)C(=O)C1=O.CC(C)(C)CN. The second-order valence-corrected chi connectivity index (χ2v) is 19.7. The second kappa shape index (κ2) is 22.5. The smallest absolute Gasteiger partial charge is 0.233 e. The van der Waals surface area contributed by atoms with Gasteiger partial charge in [-0.3, -0.25) is 19.2 Å². The lowest BCUT2D eigenvalue weighted by Gasteiger charge is -2.34. The summed E-state index contributed by atoms with van der Waals surface area (Å²) in [4.78, 5) is 51.4. The zero-order valence-electron chi connectivity index (χ0n) is 38.8. The normalized spacial score (nSPS) is 22.8. The third-order valence-electron chi connectivity index (χ3n) is 11.5. The van der Waals surface area contributed by atoms with E-state index < -0.39 is 11.6 Å². The Morgan fingerprint density at radius 3 is 1.66 bits per heavy atom. The van der Waals surface area contributed by atoms with Crippen molar-refractivity contribution in [2.45, 2.75) is 154 Å². The van der Waals surface area contributed by atoms with Crippen LogP contribution in [0.1, 0.15) is 154 Å². The van der Waals surface area contributed by atoms with Crippen LogP contribution in [0.2, 0.25) is 0 Å². The van der Waals surface area contributed by atoms with E-state index in [-0.39, 0.29) is 63.3 Å². The van der Waals surface area contributed by atoms with Gasteiger partial charge in [-0.2, -0.15) is 0 Å². The monoisotopic (exact) mass is 815 g/mol. The van der Waals surface area contributed by atoms with Crippen LogP contribution in [0.25, 0.3) is 0 Å². The Morgan fingerprint density at radius 2 is 1.22 bits per heavy atom. The lowest BCUT2D eigenvalue weighted by molar-refractivity contribution is -0.133. The number of carbonyl (C=O) groups excluding carboxylic acids is 4. The van der Waals surface area contributed by atoms with Crippen molar-refractivity contribution in [3.05, 3.63) is 93.2 Å². The molecule has 0 bridgehead atoms. The molecule has 0 fully saturated rings. The van der Waals surface area contributed by atoms with Crippen LogP contribution in [0.3, 0.4) is 0 Å². The van der Waals surface area contributed by atoms with Crippen LogP contribution in [0.15, 0.2) is 93.2 Å². The number of allylic oxidation sites excluding steroid dienone is 11. The lowest BCUT2D eigenvalue weighted by atomic mass is 9.70. The van der Waals surface area contributed by atoms with Gasteiger partial charge in [0.05, 0.1) is 16.8 Å². The highest BCUT2D eigenvalue weighted by molar-refractivity contribution is 6.50. The van der Waals surface area contributed by atoms with Crippen LogP contribution in [0, 0.1) is 34.5 Å². The fourth-order valence-corrected chi connectivity index (χ4v) is 7.78. The summed E-state index contributed by atoms with van der Waals surface area (Å²) in [6, 6.07) is 0. The van der Waals surface area contributed by atoms with E-state index in [0.29, 0.717) is 41.6 Å². The Kier molecular flexibility index (Phi) is 19.5. The van der Waals surface area contributed by atoms with Gasteiger partial charge >= 0.3 is 0 Å². The first-order valence-corrected chi connectivity index (χ1v) is 22.0. The molecule has 0 aromatic carbocycles. The first-order valence-electron chi connectivity index (χ1n) is 22.0. The first-order chi connectivity index (χ1) is 27.4. The van der Waals surface area contributed by atoms with Gasteiger partial charge in [-0.15, -0.1) is 0 Å². The standard InChI is InChI=1S/C26H39NO3.C20H26O3.C5H13N/c1-8-9-10-11-19-22(27-15-26(5,6)7)24(29)21(25(30)23(19)28)20-14-17(4)12-13-18(20)16(2)3;1-5-6-7-14-11-17(21)18(20(23)19(14)22)16-10-13(4)8-9-15(16)12(2)3;1-5(2,3)4-6/h14,18,20,27,29H,2,8-13,15H2,1,3-7H3;10-11,15-16,23H,2,5-9H2,1,3-4H3;4,6H2,1-3H3/t18-,20+;15-,16+;/m00./s1. The van der Waals surface area contributed by atoms with E-state index in [2.05, 4.69) is 66.9 Å². The number of hydrogen-bond acceptors (Lipinski definition) is 8. The van der Waals surface area contributed by atoms with Crippen molar-refractivity contribution >= 4 is 23.1 Å². The summed E-state index contributed by atoms with van der Waals surface area (Å²) in [5.41, 5.74) is 11.7. The van der Waals surface area contributed by atoms with Crippen LogP contribution in [-0.4, -0.2) is 46.4 Å². The molecule has 8 heteroatoms. The average Bonchev–Trinajstić information content (AvgIpc) is 3.14. The summed E-state index contributed by atoms with van der Waals surface area (Å²) in [6.45, 7) is 34.3. The third kappa shape index (κ3) is 14.6. The maximum atomic E-state index is 13.2. The molecular weight excluding hydrogens is 737 g/mol. The molecule has 0 amide bonds. The Balaban J connectivity index is 0.000000366. The van der Waals surface area contributed by atoms with Crippen molar-refractivity contribution in [3.8, 4) is 0 Å². The number of aliphatic hydroxyl groups excluding tert-OH is 2. The molecule has 0 unspecified atom stereocenters. The quantitative estimate of drug-likeness (QED) is 0.0472. The van der Waals surface area contributed by atoms with Crippen LogP contribution in [0.4, 0.5) is 0 Å². The number of rotatable bonds is 13. The molecule has 0 radical (unpaired) electrons. The van der Waals surface area contributed by atoms with Crippen molar-refractivity contribution in [2.24, 2.45) is 40.2 Å². The number of unbranched alkanes of at least 4 members (excludes halogenated alkanes) is 3. The van der Waals surface area contributed by atoms with E-state index in [9.17, 15) is 29.4 Å². The minimum atomic E-state index is -0.553. The number of nitrogens with one attached hydrogen (secondary N) is 1. The zero-order chi connectivity index (χ0) is 45.0. The fraction of sp³-hybridized carbons (Fsp3) is 0.608. The van der Waals surface area contributed by atoms with Gasteiger partial charge in [0.15, 0.2) is 11.5 Å². The highest BCUT2D eigenvalue weighted by Crippen LogP contribution is 2.43. The van der Waals surface area contributed by atoms with E-state index in [0.717, 1.165) is 75.5 Å².